The van der Waals surface area contributed by atoms with Gasteiger partial charge in [0.15, 0.2) is 0 Å². The first-order valence-electron chi connectivity index (χ1n) is 7.56. The molecule has 0 aliphatic carbocycles. The Labute approximate surface area is 136 Å². The van der Waals surface area contributed by atoms with Crippen LogP contribution in [0.4, 0.5) is 0 Å². The molecule has 0 fully saturated rings. The summed E-state index contributed by atoms with van der Waals surface area (Å²) in [6, 6.07) is 18.8. The second-order valence-electron chi connectivity index (χ2n) is 5.01. The third kappa shape index (κ3) is 4.09. The van der Waals surface area contributed by atoms with Gasteiger partial charge in [-0.15, -0.1) is 11.3 Å². The zero-order valence-corrected chi connectivity index (χ0v) is 14.2. The molecule has 116 valence electrons. The highest BCUT2D eigenvalue weighted by molar-refractivity contribution is 7.10. The zero-order valence-electron chi connectivity index (χ0n) is 13.4. The number of benzene rings is 2. The summed E-state index contributed by atoms with van der Waals surface area (Å²) in [6.07, 6.45) is 1.12. The largest absolute Gasteiger partial charge is 0.484 e. The highest BCUT2D eigenvalue weighted by atomic mass is 32.1. The van der Waals surface area contributed by atoms with Gasteiger partial charge in [0.1, 0.15) is 11.9 Å². The summed E-state index contributed by atoms with van der Waals surface area (Å²) in [4.78, 5) is 1.29. The lowest BCUT2D eigenvalue weighted by Crippen LogP contribution is -2.04. The van der Waals surface area contributed by atoms with Crippen LogP contribution in [-0.4, -0.2) is 14.1 Å². The average molecular weight is 313 g/mol. The van der Waals surface area contributed by atoms with E-state index in [1.54, 1.807) is 11.3 Å². The minimum atomic E-state index is 0.144. The van der Waals surface area contributed by atoms with Crippen LogP contribution in [0, 0.1) is 0 Å². The van der Waals surface area contributed by atoms with Crippen LogP contribution < -0.4 is 10.1 Å². The van der Waals surface area contributed by atoms with Crippen LogP contribution in [0.5, 0.6) is 5.75 Å². The summed E-state index contributed by atoms with van der Waals surface area (Å²) in [5, 5.41) is 7.26. The van der Waals surface area contributed by atoms with Crippen molar-refractivity contribution in [3.05, 3.63) is 64.9 Å². The Hall–Kier alpha value is -1.84. The molecular formula is C19H23NOS. The Morgan fingerprint density at radius 1 is 1.00 bits per heavy atom. The van der Waals surface area contributed by atoms with E-state index in [0.29, 0.717) is 0 Å². The minimum Gasteiger partial charge on any atom is -0.484 e. The first-order chi connectivity index (χ1) is 10.8. The Balaban J connectivity index is 0.000000545. The van der Waals surface area contributed by atoms with Crippen molar-refractivity contribution < 1.29 is 4.74 Å². The van der Waals surface area contributed by atoms with Crippen molar-refractivity contribution in [2.24, 2.45) is 0 Å². The first kappa shape index (κ1) is 16.5. The van der Waals surface area contributed by atoms with Gasteiger partial charge >= 0.3 is 0 Å². The van der Waals surface area contributed by atoms with E-state index in [0.717, 1.165) is 12.2 Å². The molecule has 2 nitrogen and oxygen atoms in total. The van der Waals surface area contributed by atoms with Gasteiger partial charge in [-0.05, 0) is 43.4 Å². The summed E-state index contributed by atoms with van der Waals surface area (Å²) in [7, 11) is 3.75. The Bertz CT molecular complexity index is 673. The summed E-state index contributed by atoms with van der Waals surface area (Å²) >= 11 is 1.76. The van der Waals surface area contributed by atoms with Crippen LogP contribution in [0.25, 0.3) is 10.8 Å². The molecule has 1 heterocycles. The van der Waals surface area contributed by atoms with Gasteiger partial charge in [0.2, 0.25) is 0 Å². The molecule has 0 aliphatic rings. The summed E-state index contributed by atoms with van der Waals surface area (Å²) in [5.41, 5.74) is 0. The van der Waals surface area contributed by atoms with E-state index in [2.05, 4.69) is 72.2 Å². The van der Waals surface area contributed by atoms with E-state index in [4.69, 9.17) is 4.74 Å². The van der Waals surface area contributed by atoms with E-state index in [9.17, 15) is 0 Å². The molecule has 0 spiro atoms. The molecule has 0 aliphatic heterocycles. The molecule has 0 saturated heterocycles. The van der Waals surface area contributed by atoms with E-state index >= 15 is 0 Å². The molecular weight excluding hydrogens is 290 g/mol. The molecule has 2 aromatic carbocycles. The molecule has 1 unspecified atom stereocenters. The molecule has 0 amide bonds. The van der Waals surface area contributed by atoms with Gasteiger partial charge in [0.05, 0.1) is 0 Å². The average Bonchev–Trinajstić information content (AvgIpc) is 3.08. The lowest BCUT2D eigenvalue weighted by atomic mass is 10.1. The third-order valence-electron chi connectivity index (χ3n) is 3.25. The maximum Gasteiger partial charge on any atom is 0.133 e. The monoisotopic (exact) mass is 313 g/mol. The van der Waals surface area contributed by atoms with E-state index in [1.807, 2.05) is 14.1 Å². The van der Waals surface area contributed by atoms with Crippen molar-refractivity contribution in [3.63, 3.8) is 0 Å². The molecule has 3 aromatic rings. The SMILES string of the molecule is CCC(Oc1cccc2ccccc12)c1cccs1.CNC. The fraction of sp³-hybridized carbons (Fsp3) is 0.263. The molecule has 22 heavy (non-hydrogen) atoms. The topological polar surface area (TPSA) is 21.3 Å². The third-order valence-corrected chi connectivity index (χ3v) is 4.21. The molecule has 0 saturated carbocycles. The maximum atomic E-state index is 6.23. The molecule has 1 aromatic heterocycles. The number of fused-ring (bicyclic) bond motifs is 1. The highest BCUT2D eigenvalue weighted by Crippen LogP contribution is 2.32. The number of thiophene rings is 1. The van der Waals surface area contributed by atoms with Crippen molar-refractivity contribution in [1.29, 1.82) is 0 Å². The Morgan fingerprint density at radius 2 is 1.73 bits per heavy atom. The van der Waals surface area contributed by atoms with E-state index < -0.39 is 0 Å². The van der Waals surface area contributed by atoms with Crippen LogP contribution in [0.15, 0.2) is 60.0 Å². The number of ether oxygens (including phenoxy) is 1. The van der Waals surface area contributed by atoms with Gasteiger partial charge in [0.25, 0.3) is 0 Å². The molecule has 0 bridgehead atoms. The molecule has 3 heteroatoms. The summed E-state index contributed by atoms with van der Waals surface area (Å²) < 4.78 is 6.23. The highest BCUT2D eigenvalue weighted by Gasteiger charge is 2.13. The van der Waals surface area contributed by atoms with E-state index in [-0.39, 0.29) is 6.10 Å². The van der Waals surface area contributed by atoms with Crippen molar-refractivity contribution in [2.75, 3.05) is 14.1 Å². The first-order valence-corrected chi connectivity index (χ1v) is 8.44. The van der Waals surface area contributed by atoms with Crippen LogP contribution in [-0.2, 0) is 0 Å². The Morgan fingerprint density at radius 3 is 2.41 bits per heavy atom. The van der Waals surface area contributed by atoms with Gasteiger partial charge in [-0.2, -0.15) is 0 Å². The number of hydrogen-bond donors (Lipinski definition) is 1. The van der Waals surface area contributed by atoms with Crippen LogP contribution in [0.1, 0.15) is 24.3 Å². The fourth-order valence-electron chi connectivity index (χ4n) is 2.27. The van der Waals surface area contributed by atoms with Gasteiger partial charge < -0.3 is 10.1 Å². The molecule has 0 radical (unpaired) electrons. The predicted molar refractivity (Wildman–Crippen MR) is 96.9 cm³/mol. The summed E-state index contributed by atoms with van der Waals surface area (Å²) in [5.74, 6) is 0.971. The van der Waals surface area contributed by atoms with Crippen molar-refractivity contribution >= 4 is 22.1 Å². The van der Waals surface area contributed by atoms with Gasteiger partial charge in [-0.3, -0.25) is 0 Å². The van der Waals surface area contributed by atoms with Gasteiger partial charge in [0, 0.05) is 10.3 Å². The second kappa shape index (κ2) is 8.57. The standard InChI is InChI=1S/C17H16OS.C2H7N/c1-2-15(17-11-6-12-19-17)18-16-10-5-8-13-7-3-4-9-14(13)16;1-3-2/h3-12,15H,2H2,1H3;3H,1-2H3. The lowest BCUT2D eigenvalue weighted by Gasteiger charge is -2.17. The normalized spacial score (nSPS) is 11.6. The number of nitrogens with one attached hydrogen (secondary N) is 1. The van der Waals surface area contributed by atoms with Gasteiger partial charge in [-0.1, -0.05) is 49.4 Å². The van der Waals surface area contributed by atoms with Crippen LogP contribution in [0.2, 0.25) is 0 Å². The minimum absolute atomic E-state index is 0.144. The van der Waals surface area contributed by atoms with Crippen molar-refractivity contribution in [1.82, 2.24) is 5.32 Å². The lowest BCUT2D eigenvalue weighted by molar-refractivity contribution is 0.208. The number of rotatable bonds is 4. The number of hydrogen-bond acceptors (Lipinski definition) is 3. The smallest absolute Gasteiger partial charge is 0.133 e. The van der Waals surface area contributed by atoms with Crippen LogP contribution >= 0.6 is 11.3 Å². The Kier molecular flexibility index (Phi) is 6.44. The fourth-order valence-corrected chi connectivity index (χ4v) is 3.11. The molecule has 1 atom stereocenters. The van der Waals surface area contributed by atoms with Crippen LogP contribution in [0.3, 0.4) is 0 Å². The second-order valence-corrected chi connectivity index (χ2v) is 5.99. The zero-order chi connectivity index (χ0) is 15.8. The van der Waals surface area contributed by atoms with Crippen molar-refractivity contribution in [3.8, 4) is 5.75 Å². The molecule has 3 rings (SSSR count). The van der Waals surface area contributed by atoms with Crippen molar-refractivity contribution in [2.45, 2.75) is 19.4 Å². The molecule has 1 N–H and O–H groups in total. The summed E-state index contributed by atoms with van der Waals surface area (Å²) in [6.45, 7) is 2.16. The maximum absolute atomic E-state index is 6.23. The predicted octanol–water partition coefficient (Wildman–Crippen LogP) is 5.27. The van der Waals surface area contributed by atoms with E-state index in [1.165, 1.54) is 15.6 Å². The quantitative estimate of drug-likeness (QED) is 0.708. The van der Waals surface area contributed by atoms with Gasteiger partial charge in [-0.25, -0.2) is 0 Å².